The predicted octanol–water partition coefficient (Wildman–Crippen LogP) is 1.07. The van der Waals surface area contributed by atoms with Crippen molar-refractivity contribution in [2.24, 2.45) is 0 Å². The van der Waals surface area contributed by atoms with Crippen LogP contribution in [-0.2, 0) is 20.9 Å². The highest BCUT2D eigenvalue weighted by atomic mass is 16.5. The second-order valence-corrected chi connectivity index (χ2v) is 3.33. The molecule has 1 aromatic carbocycles. The minimum absolute atomic E-state index is 0.287. The number of carbonyl (C=O) groups is 2. The standard InChI is InChI=1S/C13H15NO3/c15-9-4-7-13(16)17-10-8-14-11-12-5-2-1-3-6-12/h1-7,9,14H,8,10-11H2/b7-4+. The van der Waals surface area contributed by atoms with Gasteiger partial charge in [-0.2, -0.15) is 0 Å². The molecule has 0 aliphatic carbocycles. The van der Waals surface area contributed by atoms with Crippen LogP contribution in [-0.4, -0.2) is 25.4 Å². The number of nitrogens with one attached hydrogen (secondary N) is 1. The summed E-state index contributed by atoms with van der Waals surface area (Å²) in [6.45, 7) is 1.60. The van der Waals surface area contributed by atoms with Gasteiger partial charge in [-0.25, -0.2) is 4.79 Å². The molecular weight excluding hydrogens is 218 g/mol. The highest BCUT2D eigenvalue weighted by Gasteiger charge is 1.95. The molecule has 0 heterocycles. The number of allylic oxidation sites excluding steroid dienone is 1. The van der Waals surface area contributed by atoms with Crippen LogP contribution >= 0.6 is 0 Å². The molecule has 0 atom stereocenters. The lowest BCUT2D eigenvalue weighted by Crippen LogP contribution is -2.20. The van der Waals surface area contributed by atoms with E-state index in [-0.39, 0.29) is 6.61 Å². The zero-order valence-corrected chi connectivity index (χ0v) is 9.46. The van der Waals surface area contributed by atoms with Crippen LogP contribution in [0.4, 0.5) is 0 Å². The molecule has 4 heteroatoms. The molecule has 0 aliphatic heterocycles. The highest BCUT2D eigenvalue weighted by Crippen LogP contribution is 1.96. The highest BCUT2D eigenvalue weighted by molar-refractivity contribution is 5.86. The Morgan fingerprint density at radius 1 is 1.29 bits per heavy atom. The van der Waals surface area contributed by atoms with Crippen LogP contribution in [0.15, 0.2) is 42.5 Å². The molecule has 0 saturated carbocycles. The van der Waals surface area contributed by atoms with Crippen molar-refractivity contribution in [1.29, 1.82) is 0 Å². The first-order valence-electron chi connectivity index (χ1n) is 5.36. The normalized spacial score (nSPS) is 10.4. The Hall–Kier alpha value is -1.94. The number of ether oxygens (including phenoxy) is 1. The minimum atomic E-state index is -0.501. The van der Waals surface area contributed by atoms with Gasteiger partial charge in [0.25, 0.3) is 0 Å². The van der Waals surface area contributed by atoms with Crippen molar-refractivity contribution in [3.8, 4) is 0 Å². The third-order valence-corrected chi connectivity index (χ3v) is 2.01. The van der Waals surface area contributed by atoms with Crippen LogP contribution in [0, 0.1) is 0 Å². The van der Waals surface area contributed by atoms with Crippen molar-refractivity contribution in [1.82, 2.24) is 5.32 Å². The number of esters is 1. The lowest BCUT2D eigenvalue weighted by atomic mass is 10.2. The summed E-state index contributed by atoms with van der Waals surface area (Å²) in [4.78, 5) is 20.9. The molecule has 0 fully saturated rings. The van der Waals surface area contributed by atoms with E-state index in [1.54, 1.807) is 0 Å². The monoisotopic (exact) mass is 233 g/mol. The molecule has 0 saturated heterocycles. The van der Waals surface area contributed by atoms with E-state index in [9.17, 15) is 9.59 Å². The van der Waals surface area contributed by atoms with E-state index in [1.165, 1.54) is 5.56 Å². The summed E-state index contributed by atoms with van der Waals surface area (Å²) in [5.41, 5.74) is 1.18. The van der Waals surface area contributed by atoms with Crippen LogP contribution in [0.5, 0.6) is 0 Å². The number of carbonyl (C=O) groups excluding carboxylic acids is 2. The van der Waals surface area contributed by atoms with Gasteiger partial charge >= 0.3 is 5.97 Å². The quantitative estimate of drug-likeness (QED) is 0.331. The summed E-state index contributed by atoms with van der Waals surface area (Å²) >= 11 is 0. The van der Waals surface area contributed by atoms with E-state index in [4.69, 9.17) is 4.74 Å². The van der Waals surface area contributed by atoms with Crippen molar-refractivity contribution in [2.45, 2.75) is 6.54 Å². The van der Waals surface area contributed by atoms with Gasteiger partial charge < -0.3 is 10.1 Å². The summed E-state index contributed by atoms with van der Waals surface area (Å²) in [6, 6.07) is 9.95. The number of hydrogen-bond donors (Lipinski definition) is 1. The Labute approximate surface area is 100 Å². The predicted molar refractivity (Wildman–Crippen MR) is 64.3 cm³/mol. The number of hydrogen-bond acceptors (Lipinski definition) is 4. The van der Waals surface area contributed by atoms with E-state index in [0.29, 0.717) is 12.8 Å². The van der Waals surface area contributed by atoms with E-state index < -0.39 is 5.97 Å². The molecular formula is C13H15NO3. The van der Waals surface area contributed by atoms with Gasteiger partial charge in [0.15, 0.2) is 0 Å². The van der Waals surface area contributed by atoms with Crippen LogP contribution < -0.4 is 5.32 Å². The Morgan fingerprint density at radius 3 is 2.76 bits per heavy atom. The largest absolute Gasteiger partial charge is 0.461 e. The number of benzene rings is 1. The Kier molecular flexibility index (Phi) is 6.36. The molecule has 1 rings (SSSR count). The van der Waals surface area contributed by atoms with Crippen LogP contribution in [0.3, 0.4) is 0 Å². The van der Waals surface area contributed by atoms with E-state index in [2.05, 4.69) is 5.32 Å². The fourth-order valence-corrected chi connectivity index (χ4v) is 1.22. The molecule has 4 nitrogen and oxygen atoms in total. The maximum atomic E-state index is 10.9. The number of rotatable bonds is 7. The first-order chi connectivity index (χ1) is 8.33. The maximum absolute atomic E-state index is 10.9. The average molecular weight is 233 g/mol. The van der Waals surface area contributed by atoms with Crippen molar-refractivity contribution in [3.63, 3.8) is 0 Å². The fourth-order valence-electron chi connectivity index (χ4n) is 1.22. The van der Waals surface area contributed by atoms with E-state index >= 15 is 0 Å². The smallest absolute Gasteiger partial charge is 0.330 e. The summed E-state index contributed by atoms with van der Waals surface area (Å²) in [5, 5.41) is 3.14. The summed E-state index contributed by atoms with van der Waals surface area (Å²) in [6.07, 6.45) is 2.75. The topological polar surface area (TPSA) is 55.4 Å². The molecule has 1 aromatic rings. The molecule has 17 heavy (non-hydrogen) atoms. The van der Waals surface area contributed by atoms with Crippen molar-refractivity contribution >= 4 is 12.3 Å². The lowest BCUT2D eigenvalue weighted by Gasteiger charge is -2.04. The molecule has 0 unspecified atom stereocenters. The SMILES string of the molecule is O=C/C=C/C(=O)OCCNCc1ccccc1. The Morgan fingerprint density at radius 2 is 2.06 bits per heavy atom. The third kappa shape index (κ3) is 6.27. The van der Waals surface area contributed by atoms with Crippen molar-refractivity contribution < 1.29 is 14.3 Å². The molecule has 1 N–H and O–H groups in total. The molecule has 0 spiro atoms. The first kappa shape index (κ1) is 13.1. The van der Waals surface area contributed by atoms with Gasteiger partial charge in [0.1, 0.15) is 12.9 Å². The van der Waals surface area contributed by atoms with Crippen molar-refractivity contribution in [2.75, 3.05) is 13.2 Å². The number of aldehydes is 1. The van der Waals surface area contributed by atoms with Crippen molar-refractivity contribution in [3.05, 3.63) is 48.0 Å². The van der Waals surface area contributed by atoms with Gasteiger partial charge in [-0.15, -0.1) is 0 Å². The molecule has 0 amide bonds. The zero-order valence-electron chi connectivity index (χ0n) is 9.46. The maximum Gasteiger partial charge on any atom is 0.330 e. The van der Waals surface area contributed by atoms with E-state index in [1.807, 2.05) is 30.3 Å². The summed E-state index contributed by atoms with van der Waals surface area (Å²) < 4.78 is 4.83. The van der Waals surface area contributed by atoms with Crippen LogP contribution in [0.25, 0.3) is 0 Å². The molecule has 0 bridgehead atoms. The van der Waals surface area contributed by atoms with Gasteiger partial charge in [0.05, 0.1) is 0 Å². The second kappa shape index (κ2) is 8.24. The Balaban J connectivity index is 2.07. The molecule has 0 aliphatic rings. The first-order valence-corrected chi connectivity index (χ1v) is 5.36. The summed E-state index contributed by atoms with van der Waals surface area (Å²) in [5.74, 6) is -0.501. The molecule has 0 aromatic heterocycles. The van der Waals surface area contributed by atoms with Gasteiger partial charge in [0.2, 0.25) is 0 Å². The van der Waals surface area contributed by atoms with Crippen LogP contribution in [0.2, 0.25) is 0 Å². The third-order valence-electron chi connectivity index (χ3n) is 2.01. The van der Waals surface area contributed by atoms with Gasteiger partial charge in [-0.05, 0) is 11.6 Å². The van der Waals surface area contributed by atoms with E-state index in [0.717, 1.165) is 18.7 Å². The van der Waals surface area contributed by atoms with Gasteiger partial charge in [-0.3, -0.25) is 4.79 Å². The zero-order chi connectivity index (χ0) is 12.3. The van der Waals surface area contributed by atoms with Crippen LogP contribution in [0.1, 0.15) is 5.56 Å². The van der Waals surface area contributed by atoms with Gasteiger partial charge in [0, 0.05) is 19.2 Å². The summed E-state index contributed by atoms with van der Waals surface area (Å²) in [7, 11) is 0. The second-order valence-electron chi connectivity index (χ2n) is 3.33. The molecule has 0 radical (unpaired) electrons. The average Bonchev–Trinajstić information content (AvgIpc) is 2.37. The Bertz CT molecular complexity index is 374. The minimum Gasteiger partial charge on any atom is -0.461 e. The molecule has 90 valence electrons. The fraction of sp³-hybridized carbons (Fsp3) is 0.231. The lowest BCUT2D eigenvalue weighted by molar-refractivity contribution is -0.137. The van der Waals surface area contributed by atoms with Gasteiger partial charge in [-0.1, -0.05) is 30.3 Å².